The first-order valence-corrected chi connectivity index (χ1v) is 8.37. The number of anilines is 1. The lowest BCUT2D eigenvalue weighted by Gasteiger charge is -2.14. The van der Waals surface area contributed by atoms with Gasteiger partial charge >= 0.3 is 0 Å². The number of carbonyl (C=O) groups excluding carboxylic acids is 1. The Morgan fingerprint density at radius 3 is 3.04 bits per heavy atom. The number of aryl methyl sites for hydroxylation is 1. The Hall–Kier alpha value is -1.57. The van der Waals surface area contributed by atoms with Gasteiger partial charge in [-0.3, -0.25) is 4.79 Å². The highest BCUT2D eigenvalue weighted by molar-refractivity contribution is 8.00. The maximum Gasteiger partial charge on any atom is 0.237 e. The number of nitrogens with zero attached hydrogens (tertiary/aromatic N) is 3. The molecule has 0 aliphatic heterocycles. The summed E-state index contributed by atoms with van der Waals surface area (Å²) in [7, 11) is 1.64. The molecule has 124 valence electrons. The van der Waals surface area contributed by atoms with Crippen molar-refractivity contribution in [1.29, 1.82) is 0 Å². The summed E-state index contributed by atoms with van der Waals surface area (Å²) >= 11 is 7.33. The number of amides is 1. The minimum absolute atomic E-state index is 0.110. The zero-order valence-corrected chi connectivity index (χ0v) is 14.8. The highest BCUT2D eigenvalue weighted by Gasteiger charge is 2.18. The van der Waals surface area contributed by atoms with Crippen molar-refractivity contribution in [2.75, 3.05) is 19.0 Å². The Bertz CT molecular complexity index is 677. The van der Waals surface area contributed by atoms with Gasteiger partial charge < -0.3 is 14.6 Å². The summed E-state index contributed by atoms with van der Waals surface area (Å²) in [5.41, 5.74) is 1.68. The molecule has 0 fully saturated rings. The van der Waals surface area contributed by atoms with E-state index < -0.39 is 0 Å². The number of rotatable bonds is 7. The normalized spacial score (nSPS) is 12.2. The third-order valence-electron chi connectivity index (χ3n) is 3.23. The van der Waals surface area contributed by atoms with E-state index in [0.29, 0.717) is 23.3 Å². The topological polar surface area (TPSA) is 69.0 Å². The average molecular weight is 355 g/mol. The summed E-state index contributed by atoms with van der Waals surface area (Å²) in [4.78, 5) is 12.4. The lowest BCUT2D eigenvalue weighted by Crippen LogP contribution is -2.23. The second-order valence-electron chi connectivity index (χ2n) is 5.01. The molecule has 1 aromatic carbocycles. The van der Waals surface area contributed by atoms with Crippen molar-refractivity contribution in [1.82, 2.24) is 14.8 Å². The number of thioether (sulfide) groups is 1. The summed E-state index contributed by atoms with van der Waals surface area (Å²) in [6.45, 7) is 4.96. The second-order valence-corrected chi connectivity index (χ2v) is 6.75. The van der Waals surface area contributed by atoms with Crippen molar-refractivity contribution in [3.63, 3.8) is 0 Å². The third-order valence-corrected chi connectivity index (χ3v) is 4.55. The van der Waals surface area contributed by atoms with E-state index in [4.69, 9.17) is 16.3 Å². The van der Waals surface area contributed by atoms with E-state index in [-0.39, 0.29) is 11.2 Å². The lowest BCUT2D eigenvalue weighted by molar-refractivity contribution is -0.115. The fraction of sp³-hybridized carbons (Fsp3) is 0.400. The van der Waals surface area contributed by atoms with Crippen LogP contribution >= 0.6 is 23.4 Å². The number of nitrogens with one attached hydrogen (secondary N) is 1. The summed E-state index contributed by atoms with van der Waals surface area (Å²) in [5.74, 6) is -0.110. The molecule has 1 heterocycles. The van der Waals surface area contributed by atoms with Gasteiger partial charge in [-0.2, -0.15) is 0 Å². The zero-order chi connectivity index (χ0) is 16.8. The molecule has 1 aromatic heterocycles. The van der Waals surface area contributed by atoms with Crippen LogP contribution in [0.4, 0.5) is 5.69 Å². The number of carbonyl (C=O) groups is 1. The Kier molecular flexibility index (Phi) is 6.44. The van der Waals surface area contributed by atoms with Crippen molar-refractivity contribution >= 4 is 35.0 Å². The molecule has 0 saturated carbocycles. The maximum atomic E-state index is 12.4. The standard InChI is InChI=1S/C15H19ClN4O2S/c1-10-4-5-12(16)8-13(10)18-14(21)11(2)23-15-19-17-9-20(15)6-7-22-3/h4-5,8-9,11H,6-7H2,1-3H3,(H,18,21). The van der Waals surface area contributed by atoms with Crippen LogP contribution < -0.4 is 5.32 Å². The predicted molar refractivity (Wildman–Crippen MR) is 92.0 cm³/mol. The molecule has 0 radical (unpaired) electrons. The molecular weight excluding hydrogens is 336 g/mol. The van der Waals surface area contributed by atoms with Gasteiger partial charge in [0.05, 0.1) is 11.9 Å². The molecule has 1 unspecified atom stereocenters. The Labute approximate surface area is 144 Å². The third kappa shape index (κ3) is 4.95. The first-order chi connectivity index (χ1) is 11.0. The summed E-state index contributed by atoms with van der Waals surface area (Å²) < 4.78 is 6.91. The monoisotopic (exact) mass is 354 g/mol. The van der Waals surface area contributed by atoms with Gasteiger partial charge in [-0.05, 0) is 31.5 Å². The van der Waals surface area contributed by atoms with E-state index >= 15 is 0 Å². The van der Waals surface area contributed by atoms with Gasteiger partial charge in [0.25, 0.3) is 0 Å². The summed E-state index contributed by atoms with van der Waals surface area (Å²) in [5, 5.41) is 11.8. The largest absolute Gasteiger partial charge is 0.383 e. The van der Waals surface area contributed by atoms with Gasteiger partial charge in [-0.25, -0.2) is 0 Å². The van der Waals surface area contributed by atoms with Crippen LogP contribution in [0.25, 0.3) is 0 Å². The molecule has 1 amide bonds. The number of halogens is 1. The van der Waals surface area contributed by atoms with Gasteiger partial charge in [0, 0.05) is 24.4 Å². The highest BCUT2D eigenvalue weighted by atomic mass is 35.5. The quantitative estimate of drug-likeness (QED) is 0.774. The SMILES string of the molecule is COCCn1cnnc1SC(C)C(=O)Nc1cc(Cl)ccc1C. The molecule has 1 N–H and O–H groups in total. The van der Waals surface area contributed by atoms with E-state index in [9.17, 15) is 4.79 Å². The van der Waals surface area contributed by atoms with Crippen molar-refractivity contribution in [2.45, 2.75) is 30.8 Å². The van der Waals surface area contributed by atoms with Crippen LogP contribution in [-0.4, -0.2) is 39.6 Å². The molecule has 0 spiro atoms. The van der Waals surface area contributed by atoms with Crippen LogP contribution in [0.1, 0.15) is 12.5 Å². The van der Waals surface area contributed by atoms with Crippen LogP contribution in [-0.2, 0) is 16.1 Å². The van der Waals surface area contributed by atoms with Gasteiger partial charge in [0.2, 0.25) is 5.91 Å². The molecule has 2 rings (SSSR count). The number of ether oxygens (including phenoxy) is 1. The Morgan fingerprint density at radius 2 is 2.30 bits per heavy atom. The van der Waals surface area contributed by atoms with Crippen molar-refractivity contribution in [2.24, 2.45) is 0 Å². The number of benzene rings is 1. The van der Waals surface area contributed by atoms with Crippen LogP contribution in [0.2, 0.25) is 5.02 Å². The van der Waals surface area contributed by atoms with Crippen molar-refractivity contribution in [3.05, 3.63) is 35.1 Å². The first kappa shape index (κ1) is 17.8. The number of hydrogen-bond acceptors (Lipinski definition) is 5. The van der Waals surface area contributed by atoms with Gasteiger partial charge in [0.15, 0.2) is 5.16 Å². The number of hydrogen-bond donors (Lipinski definition) is 1. The Balaban J connectivity index is 2.00. The van der Waals surface area contributed by atoms with E-state index in [1.54, 1.807) is 25.6 Å². The maximum absolute atomic E-state index is 12.4. The molecular formula is C15H19ClN4O2S. The molecule has 0 aliphatic carbocycles. The minimum Gasteiger partial charge on any atom is -0.383 e. The summed E-state index contributed by atoms with van der Waals surface area (Å²) in [6, 6.07) is 5.41. The highest BCUT2D eigenvalue weighted by Crippen LogP contribution is 2.24. The summed E-state index contributed by atoms with van der Waals surface area (Å²) in [6.07, 6.45) is 1.63. The molecule has 0 saturated heterocycles. The zero-order valence-electron chi connectivity index (χ0n) is 13.2. The predicted octanol–water partition coefficient (Wildman–Crippen LogP) is 3.01. The molecule has 6 nitrogen and oxygen atoms in total. The fourth-order valence-electron chi connectivity index (χ4n) is 1.85. The number of methoxy groups -OCH3 is 1. The van der Waals surface area contributed by atoms with Gasteiger partial charge in [-0.15, -0.1) is 10.2 Å². The van der Waals surface area contributed by atoms with Gasteiger partial charge in [0.1, 0.15) is 6.33 Å². The van der Waals surface area contributed by atoms with Crippen molar-refractivity contribution in [3.8, 4) is 0 Å². The fourth-order valence-corrected chi connectivity index (χ4v) is 2.88. The molecule has 1 atom stereocenters. The minimum atomic E-state index is -0.320. The van der Waals surface area contributed by atoms with Crippen LogP contribution in [0.15, 0.2) is 29.7 Å². The van der Waals surface area contributed by atoms with E-state index in [2.05, 4.69) is 15.5 Å². The van der Waals surface area contributed by atoms with Crippen molar-refractivity contribution < 1.29 is 9.53 Å². The lowest BCUT2D eigenvalue weighted by atomic mass is 10.2. The smallest absolute Gasteiger partial charge is 0.237 e. The molecule has 2 aromatic rings. The molecule has 0 bridgehead atoms. The van der Waals surface area contributed by atoms with Crippen LogP contribution in [0, 0.1) is 6.92 Å². The van der Waals surface area contributed by atoms with E-state index in [0.717, 1.165) is 11.3 Å². The van der Waals surface area contributed by atoms with Gasteiger partial charge in [-0.1, -0.05) is 29.4 Å². The molecule has 23 heavy (non-hydrogen) atoms. The van der Waals surface area contributed by atoms with Crippen LogP contribution in [0.5, 0.6) is 0 Å². The van der Waals surface area contributed by atoms with E-state index in [1.807, 2.05) is 24.5 Å². The Morgan fingerprint density at radius 1 is 1.52 bits per heavy atom. The second kappa shape index (κ2) is 8.33. The van der Waals surface area contributed by atoms with Crippen LogP contribution in [0.3, 0.4) is 0 Å². The average Bonchev–Trinajstić information content (AvgIpc) is 2.95. The first-order valence-electron chi connectivity index (χ1n) is 7.11. The molecule has 0 aliphatic rings. The van der Waals surface area contributed by atoms with E-state index in [1.165, 1.54) is 11.8 Å². The molecule has 8 heteroatoms. The number of aromatic nitrogens is 3.